The lowest BCUT2D eigenvalue weighted by molar-refractivity contribution is 0.751. The number of anilines is 2. The fraction of sp³-hybridized carbons (Fsp3) is 0.333. The summed E-state index contributed by atoms with van der Waals surface area (Å²) < 4.78 is 0. The first-order valence-corrected chi connectivity index (χ1v) is 8.19. The molecule has 4 rings (SSSR count). The molecule has 0 bridgehead atoms. The highest BCUT2D eigenvalue weighted by Crippen LogP contribution is 2.33. The highest BCUT2D eigenvalue weighted by Gasteiger charge is 2.17. The summed E-state index contributed by atoms with van der Waals surface area (Å²) in [7, 11) is 0. The molecule has 0 aliphatic heterocycles. The van der Waals surface area contributed by atoms with Crippen LogP contribution in [0.25, 0.3) is 22.2 Å². The molecule has 3 heterocycles. The van der Waals surface area contributed by atoms with Gasteiger partial charge in [0.1, 0.15) is 17.3 Å². The maximum Gasteiger partial charge on any atom is 0.140 e. The van der Waals surface area contributed by atoms with Gasteiger partial charge in [-0.25, -0.2) is 9.97 Å². The van der Waals surface area contributed by atoms with Crippen LogP contribution in [0, 0.1) is 6.92 Å². The number of hydrogen-bond acceptors (Lipinski definition) is 4. The van der Waals surface area contributed by atoms with Crippen molar-refractivity contribution in [3.8, 4) is 11.1 Å². The molecular formula is C18H21N5. The second-order valence-corrected chi connectivity index (χ2v) is 6.31. The minimum atomic E-state index is 0.524. The van der Waals surface area contributed by atoms with Gasteiger partial charge in [-0.05, 0) is 49.6 Å². The summed E-state index contributed by atoms with van der Waals surface area (Å²) in [6.07, 6.45) is 6.94. The highest BCUT2D eigenvalue weighted by atomic mass is 15.0. The zero-order valence-corrected chi connectivity index (χ0v) is 13.3. The van der Waals surface area contributed by atoms with E-state index in [2.05, 4.69) is 21.4 Å². The third-order valence-corrected chi connectivity index (χ3v) is 4.59. The number of nitrogens with one attached hydrogen (secondary N) is 2. The van der Waals surface area contributed by atoms with Crippen LogP contribution < -0.4 is 11.1 Å². The Morgan fingerprint density at radius 1 is 1.13 bits per heavy atom. The molecular weight excluding hydrogens is 286 g/mol. The van der Waals surface area contributed by atoms with Crippen LogP contribution in [-0.2, 0) is 0 Å². The fourth-order valence-corrected chi connectivity index (χ4v) is 3.42. The molecule has 1 fully saturated rings. The van der Waals surface area contributed by atoms with Crippen molar-refractivity contribution in [3.63, 3.8) is 0 Å². The van der Waals surface area contributed by atoms with E-state index in [0.29, 0.717) is 11.9 Å². The van der Waals surface area contributed by atoms with E-state index in [1.165, 1.54) is 25.7 Å². The average Bonchev–Trinajstić information content (AvgIpc) is 3.18. The third-order valence-electron chi connectivity index (χ3n) is 4.59. The second-order valence-electron chi connectivity index (χ2n) is 6.31. The molecule has 5 nitrogen and oxygen atoms in total. The topological polar surface area (TPSA) is 79.6 Å². The number of pyridine rings is 2. The number of aromatic amines is 1. The molecule has 4 N–H and O–H groups in total. The van der Waals surface area contributed by atoms with Gasteiger partial charge in [0.05, 0.1) is 0 Å². The highest BCUT2D eigenvalue weighted by molar-refractivity contribution is 5.97. The van der Waals surface area contributed by atoms with Crippen LogP contribution >= 0.6 is 0 Å². The molecule has 0 saturated heterocycles. The van der Waals surface area contributed by atoms with Gasteiger partial charge >= 0.3 is 0 Å². The molecule has 0 aromatic carbocycles. The Hall–Kier alpha value is -2.56. The standard InChI is InChI=1S/C18H21N5/c1-11-6-7-13(17(19)21-11)15-10-16(22-12-4-2-3-5-12)23-18-14(15)8-9-20-18/h6-10,12H,2-5H2,1H3,(H2,19,21)(H2,20,22,23). The maximum atomic E-state index is 6.16. The van der Waals surface area contributed by atoms with Crippen LogP contribution in [-0.4, -0.2) is 21.0 Å². The molecule has 1 aliphatic carbocycles. The summed E-state index contributed by atoms with van der Waals surface area (Å²) in [4.78, 5) is 12.3. The Morgan fingerprint density at radius 2 is 1.96 bits per heavy atom. The van der Waals surface area contributed by atoms with Crippen molar-refractivity contribution in [3.05, 3.63) is 36.2 Å². The van der Waals surface area contributed by atoms with Gasteiger partial charge in [0.25, 0.3) is 0 Å². The summed E-state index contributed by atoms with van der Waals surface area (Å²) >= 11 is 0. The van der Waals surface area contributed by atoms with Crippen molar-refractivity contribution in [2.24, 2.45) is 0 Å². The van der Waals surface area contributed by atoms with Gasteiger partial charge in [-0.3, -0.25) is 0 Å². The molecule has 0 radical (unpaired) electrons. The summed E-state index contributed by atoms with van der Waals surface area (Å²) in [6, 6.07) is 8.69. The van der Waals surface area contributed by atoms with Crippen molar-refractivity contribution in [2.45, 2.75) is 38.6 Å². The lowest BCUT2D eigenvalue weighted by atomic mass is 10.0. The van der Waals surface area contributed by atoms with Crippen molar-refractivity contribution < 1.29 is 0 Å². The predicted molar refractivity (Wildman–Crippen MR) is 94.4 cm³/mol. The quantitative estimate of drug-likeness (QED) is 0.686. The Kier molecular flexibility index (Phi) is 3.41. The summed E-state index contributed by atoms with van der Waals surface area (Å²) in [6.45, 7) is 1.95. The van der Waals surface area contributed by atoms with Gasteiger partial charge in [-0.2, -0.15) is 0 Å². The van der Waals surface area contributed by atoms with Crippen molar-refractivity contribution in [1.29, 1.82) is 0 Å². The molecule has 0 spiro atoms. The van der Waals surface area contributed by atoms with Crippen molar-refractivity contribution >= 4 is 22.7 Å². The molecule has 3 aromatic heterocycles. The van der Waals surface area contributed by atoms with E-state index >= 15 is 0 Å². The minimum Gasteiger partial charge on any atom is -0.383 e. The molecule has 1 saturated carbocycles. The first-order valence-electron chi connectivity index (χ1n) is 8.19. The van der Waals surface area contributed by atoms with Gasteiger partial charge in [-0.15, -0.1) is 0 Å². The van der Waals surface area contributed by atoms with E-state index in [1.807, 2.05) is 31.3 Å². The molecule has 5 heteroatoms. The number of aromatic nitrogens is 3. The van der Waals surface area contributed by atoms with E-state index in [9.17, 15) is 0 Å². The largest absolute Gasteiger partial charge is 0.383 e. The second kappa shape index (κ2) is 5.57. The van der Waals surface area contributed by atoms with Gasteiger partial charge in [0.15, 0.2) is 0 Å². The van der Waals surface area contributed by atoms with Gasteiger partial charge in [0.2, 0.25) is 0 Å². The molecule has 0 atom stereocenters. The first-order chi connectivity index (χ1) is 11.2. The Labute approximate surface area is 135 Å². The Bertz CT molecular complexity index is 846. The Balaban J connectivity index is 1.82. The van der Waals surface area contributed by atoms with Crippen LogP contribution in [0.5, 0.6) is 0 Å². The first kappa shape index (κ1) is 14.1. The number of H-pyrrole nitrogens is 1. The Morgan fingerprint density at radius 3 is 2.74 bits per heavy atom. The third kappa shape index (κ3) is 2.63. The van der Waals surface area contributed by atoms with E-state index in [4.69, 9.17) is 10.7 Å². The molecule has 23 heavy (non-hydrogen) atoms. The number of fused-ring (bicyclic) bond motifs is 1. The molecule has 0 unspecified atom stereocenters. The van der Waals surface area contributed by atoms with Crippen molar-refractivity contribution in [2.75, 3.05) is 11.1 Å². The lowest BCUT2D eigenvalue weighted by Crippen LogP contribution is -2.15. The van der Waals surface area contributed by atoms with Gasteiger partial charge < -0.3 is 16.0 Å². The van der Waals surface area contributed by atoms with Crippen LogP contribution in [0.4, 0.5) is 11.6 Å². The van der Waals surface area contributed by atoms with E-state index in [-0.39, 0.29) is 0 Å². The van der Waals surface area contributed by atoms with Crippen molar-refractivity contribution in [1.82, 2.24) is 15.0 Å². The number of rotatable bonds is 3. The number of nitrogens with zero attached hydrogens (tertiary/aromatic N) is 2. The predicted octanol–water partition coefficient (Wildman–Crippen LogP) is 3.87. The maximum absolute atomic E-state index is 6.16. The molecule has 1 aliphatic rings. The smallest absolute Gasteiger partial charge is 0.140 e. The van der Waals surface area contributed by atoms with E-state index in [1.54, 1.807) is 0 Å². The monoisotopic (exact) mass is 307 g/mol. The molecule has 3 aromatic rings. The zero-order valence-electron chi connectivity index (χ0n) is 13.3. The average molecular weight is 307 g/mol. The molecule has 118 valence electrons. The molecule has 0 amide bonds. The lowest BCUT2D eigenvalue weighted by Gasteiger charge is -2.15. The summed E-state index contributed by atoms with van der Waals surface area (Å²) in [5.74, 6) is 1.47. The van der Waals surface area contributed by atoms with Crippen LogP contribution in [0.1, 0.15) is 31.4 Å². The summed E-state index contributed by atoms with van der Waals surface area (Å²) in [5.41, 5.74) is 10.00. The zero-order chi connectivity index (χ0) is 15.8. The van der Waals surface area contributed by atoms with Crippen LogP contribution in [0.2, 0.25) is 0 Å². The normalized spacial score (nSPS) is 15.3. The van der Waals surface area contributed by atoms with Crippen LogP contribution in [0.3, 0.4) is 0 Å². The number of aryl methyl sites for hydroxylation is 1. The SMILES string of the molecule is Cc1ccc(-c2cc(NC3CCCC3)nc3[nH]ccc23)c(N)n1. The number of nitrogen functional groups attached to an aromatic ring is 1. The van der Waals surface area contributed by atoms with E-state index in [0.717, 1.165) is 33.7 Å². The number of nitrogens with two attached hydrogens (primary N) is 1. The fourth-order valence-electron chi connectivity index (χ4n) is 3.42. The van der Waals surface area contributed by atoms with Gasteiger partial charge in [0, 0.05) is 28.9 Å². The minimum absolute atomic E-state index is 0.524. The summed E-state index contributed by atoms with van der Waals surface area (Å²) in [5, 5.41) is 4.64. The van der Waals surface area contributed by atoms with Crippen LogP contribution in [0.15, 0.2) is 30.5 Å². The van der Waals surface area contributed by atoms with E-state index < -0.39 is 0 Å². The number of hydrogen-bond donors (Lipinski definition) is 3. The van der Waals surface area contributed by atoms with Gasteiger partial charge in [-0.1, -0.05) is 12.8 Å².